The van der Waals surface area contributed by atoms with Crippen LogP contribution in [0.5, 0.6) is 0 Å². The Balaban J connectivity index is 1.21. The first kappa shape index (κ1) is 32.1. The Morgan fingerprint density at radius 3 is 2.15 bits per heavy atom. The highest BCUT2D eigenvalue weighted by atomic mass is 16.4. The fraction of sp³-hybridized carbons (Fsp3) is 0.171. The molecule has 0 aliphatic carbocycles. The highest BCUT2D eigenvalue weighted by Gasteiger charge is 2.22. The summed E-state index contributed by atoms with van der Waals surface area (Å²) in [4.78, 5) is 28.1. The lowest BCUT2D eigenvalue weighted by atomic mass is 9.98. The maximum absolute atomic E-state index is 13.5. The van der Waals surface area contributed by atoms with Gasteiger partial charge in [0.1, 0.15) is 6.04 Å². The number of nitrogens with one attached hydrogen (secondary N) is 1. The second kappa shape index (κ2) is 15.2. The number of aryl methyl sites for hydroxylation is 1. The second-order valence-electron chi connectivity index (χ2n) is 11.9. The summed E-state index contributed by atoms with van der Waals surface area (Å²) in [5, 5.41) is 12.2. The molecule has 1 amide bonds. The molecule has 0 bridgehead atoms. The predicted molar refractivity (Wildman–Crippen MR) is 189 cm³/mol. The molecule has 0 aliphatic rings. The molecule has 240 valence electrons. The van der Waals surface area contributed by atoms with E-state index in [9.17, 15) is 9.59 Å². The molecule has 0 spiro atoms. The van der Waals surface area contributed by atoms with Crippen molar-refractivity contribution < 1.29 is 14.0 Å². The minimum Gasteiger partial charge on any atom is -0.423 e. The number of aromatic nitrogens is 2. The Morgan fingerprint density at radius 2 is 1.42 bits per heavy atom. The summed E-state index contributed by atoms with van der Waals surface area (Å²) < 4.78 is 6.10. The van der Waals surface area contributed by atoms with E-state index in [0.717, 1.165) is 28.7 Å². The lowest BCUT2D eigenvalue weighted by Gasteiger charge is -2.19. The van der Waals surface area contributed by atoms with Gasteiger partial charge in [-0.25, -0.2) is 0 Å². The number of amides is 1. The van der Waals surface area contributed by atoms with Crippen LogP contribution in [0.25, 0.3) is 11.1 Å². The summed E-state index contributed by atoms with van der Waals surface area (Å²) in [5.41, 5.74) is 6.85. The van der Waals surface area contributed by atoms with Crippen molar-refractivity contribution in [1.82, 2.24) is 15.1 Å². The van der Waals surface area contributed by atoms with E-state index in [4.69, 9.17) is 4.42 Å². The molecule has 7 nitrogen and oxygen atoms in total. The van der Waals surface area contributed by atoms with Crippen LogP contribution in [0.4, 0.5) is 5.69 Å². The van der Waals surface area contributed by atoms with Crippen molar-refractivity contribution in [2.24, 2.45) is 0 Å². The van der Waals surface area contributed by atoms with E-state index in [1.165, 1.54) is 0 Å². The molecule has 7 heteroatoms. The van der Waals surface area contributed by atoms with E-state index in [1.807, 2.05) is 104 Å². The molecule has 6 rings (SSSR count). The number of hydrogen-bond donors (Lipinski definition) is 1. The monoisotopic (exact) mass is 634 g/mol. The Kier molecular flexibility index (Phi) is 10.2. The van der Waals surface area contributed by atoms with Crippen molar-refractivity contribution in [3.8, 4) is 11.1 Å². The number of benzene rings is 5. The van der Waals surface area contributed by atoms with Gasteiger partial charge in [-0.2, -0.15) is 0 Å². The van der Waals surface area contributed by atoms with E-state index in [1.54, 1.807) is 4.90 Å². The van der Waals surface area contributed by atoms with Crippen molar-refractivity contribution in [3.05, 3.63) is 173 Å². The number of anilines is 1. The highest BCUT2D eigenvalue weighted by molar-refractivity contribution is 6.12. The lowest BCUT2D eigenvalue weighted by molar-refractivity contribution is 0.0785. The van der Waals surface area contributed by atoms with Gasteiger partial charge in [-0.3, -0.25) is 9.59 Å². The van der Waals surface area contributed by atoms with Gasteiger partial charge in [0.15, 0.2) is 5.78 Å². The van der Waals surface area contributed by atoms with Gasteiger partial charge in [0.25, 0.3) is 5.91 Å². The number of nitrogens with zero attached hydrogens (tertiary/aromatic N) is 3. The zero-order valence-electron chi connectivity index (χ0n) is 27.2. The largest absolute Gasteiger partial charge is 0.423 e. The minimum absolute atomic E-state index is 0.0105. The number of carbonyl (C=O) groups excluding carboxylic acids is 2. The molecular weight excluding hydrogens is 596 g/mol. The van der Waals surface area contributed by atoms with Crippen LogP contribution in [0, 0.1) is 0 Å². The van der Waals surface area contributed by atoms with Crippen molar-refractivity contribution in [3.63, 3.8) is 0 Å². The van der Waals surface area contributed by atoms with Crippen molar-refractivity contribution in [2.45, 2.75) is 38.8 Å². The summed E-state index contributed by atoms with van der Waals surface area (Å²) >= 11 is 0. The summed E-state index contributed by atoms with van der Waals surface area (Å²) in [6, 6.07) is 42.5. The first-order valence-electron chi connectivity index (χ1n) is 16.2. The molecule has 1 atom stereocenters. The van der Waals surface area contributed by atoms with E-state index in [-0.39, 0.29) is 17.7 Å². The smallest absolute Gasteiger partial charge is 0.253 e. The Bertz CT molecular complexity index is 1970. The van der Waals surface area contributed by atoms with E-state index >= 15 is 0 Å². The van der Waals surface area contributed by atoms with Crippen LogP contribution >= 0.6 is 0 Å². The molecule has 48 heavy (non-hydrogen) atoms. The third-order valence-corrected chi connectivity index (χ3v) is 8.22. The molecule has 1 heterocycles. The van der Waals surface area contributed by atoms with Crippen LogP contribution in [-0.2, 0) is 19.4 Å². The Morgan fingerprint density at radius 1 is 0.729 bits per heavy atom. The van der Waals surface area contributed by atoms with Gasteiger partial charge in [-0.1, -0.05) is 110 Å². The third kappa shape index (κ3) is 7.76. The van der Waals surface area contributed by atoms with Crippen molar-refractivity contribution >= 4 is 17.4 Å². The summed E-state index contributed by atoms with van der Waals surface area (Å²) in [6.45, 7) is 2.58. The van der Waals surface area contributed by atoms with E-state index < -0.39 is 0 Å². The molecule has 1 aromatic heterocycles. The average molecular weight is 635 g/mol. The molecule has 0 saturated heterocycles. The van der Waals surface area contributed by atoms with Gasteiger partial charge in [-0.15, -0.1) is 10.2 Å². The molecule has 0 fully saturated rings. The highest BCUT2D eigenvalue weighted by Crippen LogP contribution is 2.29. The summed E-state index contributed by atoms with van der Waals surface area (Å²) in [6.07, 6.45) is 2.16. The van der Waals surface area contributed by atoms with Gasteiger partial charge in [0, 0.05) is 48.8 Å². The quantitative estimate of drug-likeness (QED) is 0.128. The first-order chi connectivity index (χ1) is 23.5. The molecule has 0 aliphatic heterocycles. The van der Waals surface area contributed by atoms with Crippen LogP contribution < -0.4 is 5.32 Å². The summed E-state index contributed by atoms with van der Waals surface area (Å²) in [5.74, 6) is 1.01. The molecule has 6 aromatic rings. The topological polar surface area (TPSA) is 88.3 Å². The number of hydrogen-bond acceptors (Lipinski definition) is 6. The normalized spacial score (nSPS) is 11.5. The Hall–Kier alpha value is -5.82. The zero-order valence-corrected chi connectivity index (χ0v) is 27.2. The van der Waals surface area contributed by atoms with Gasteiger partial charge >= 0.3 is 0 Å². The number of carbonyl (C=O) groups is 2. The zero-order chi connectivity index (χ0) is 33.3. The molecule has 0 radical (unpaired) electrons. The SMILES string of the molecule is CCCc1nnc(C(Cc2ccc(-c3cccc(CN(C)C(=O)c4ccccc4)c3)cc2)Nc2ccccc2C(=O)c2ccccc2)o1. The van der Waals surface area contributed by atoms with E-state index in [0.29, 0.717) is 53.5 Å². The van der Waals surface area contributed by atoms with Crippen LogP contribution in [0.1, 0.15) is 68.6 Å². The summed E-state index contributed by atoms with van der Waals surface area (Å²) in [7, 11) is 1.83. The molecule has 1 unspecified atom stereocenters. The molecule has 5 aromatic carbocycles. The third-order valence-electron chi connectivity index (χ3n) is 8.22. The maximum atomic E-state index is 13.5. The van der Waals surface area contributed by atoms with Crippen molar-refractivity contribution in [2.75, 3.05) is 12.4 Å². The number of rotatable bonds is 13. The number of para-hydroxylation sites is 1. The standard InChI is InChI=1S/C41H38N4O3/c1-3-13-38-43-44-40(48-38)37(42-36-21-11-10-20-35(36)39(46)32-15-6-4-7-16-32)27-29-22-24-31(25-23-29)34-19-12-14-30(26-34)28-45(2)41(47)33-17-8-5-9-18-33/h4-12,14-26,37,42H,3,13,27-28H2,1-2H3. The minimum atomic E-state index is -0.361. The lowest BCUT2D eigenvalue weighted by Crippen LogP contribution is -2.26. The molecule has 0 saturated carbocycles. The van der Waals surface area contributed by atoms with Gasteiger partial charge in [0.2, 0.25) is 11.8 Å². The van der Waals surface area contributed by atoms with Crippen LogP contribution in [-0.4, -0.2) is 33.8 Å². The second-order valence-corrected chi connectivity index (χ2v) is 11.9. The fourth-order valence-corrected chi connectivity index (χ4v) is 5.73. The Labute approximate surface area is 281 Å². The van der Waals surface area contributed by atoms with Crippen LogP contribution in [0.15, 0.2) is 138 Å². The van der Waals surface area contributed by atoms with E-state index in [2.05, 4.69) is 58.8 Å². The maximum Gasteiger partial charge on any atom is 0.253 e. The first-order valence-corrected chi connectivity index (χ1v) is 16.2. The van der Waals surface area contributed by atoms with Crippen LogP contribution in [0.3, 0.4) is 0 Å². The van der Waals surface area contributed by atoms with Gasteiger partial charge < -0.3 is 14.6 Å². The predicted octanol–water partition coefficient (Wildman–Crippen LogP) is 8.59. The van der Waals surface area contributed by atoms with Crippen molar-refractivity contribution in [1.29, 1.82) is 0 Å². The molecular formula is C41H38N4O3. The molecule has 1 N–H and O–H groups in total. The number of ketones is 1. The average Bonchev–Trinajstić information content (AvgIpc) is 3.61. The van der Waals surface area contributed by atoms with Crippen LogP contribution in [0.2, 0.25) is 0 Å². The van der Waals surface area contributed by atoms with Gasteiger partial charge in [0.05, 0.1) is 0 Å². The fourth-order valence-electron chi connectivity index (χ4n) is 5.73. The van der Waals surface area contributed by atoms with Gasteiger partial charge in [-0.05, 0) is 59.0 Å².